The highest BCUT2D eigenvalue weighted by atomic mass is 16.5. The summed E-state index contributed by atoms with van der Waals surface area (Å²) in [5.41, 5.74) is 4.12. The van der Waals surface area contributed by atoms with Crippen molar-refractivity contribution >= 4 is 17.6 Å². The second-order valence-corrected chi connectivity index (χ2v) is 5.60. The standard InChI is InChI=1S/C17H19N3O6/c1-3-8-20-14(18)13(15(23)19(2)17(20)25)12(22)9-26-16(24)10-4-6-11(21)7-5-10/h4-7,21H,3,8-9,18H2,1-2H3. The number of aromatic hydroxyl groups is 1. The van der Waals surface area contributed by atoms with Crippen LogP contribution >= 0.6 is 0 Å². The minimum Gasteiger partial charge on any atom is -0.508 e. The van der Waals surface area contributed by atoms with Crippen LogP contribution in [0.5, 0.6) is 5.75 Å². The van der Waals surface area contributed by atoms with E-state index in [0.29, 0.717) is 6.42 Å². The van der Waals surface area contributed by atoms with Gasteiger partial charge in [0, 0.05) is 13.6 Å². The van der Waals surface area contributed by atoms with E-state index in [1.54, 1.807) is 0 Å². The fourth-order valence-corrected chi connectivity index (χ4v) is 2.37. The fourth-order valence-electron chi connectivity index (χ4n) is 2.37. The Bertz CT molecular complexity index is 956. The number of carbonyl (C=O) groups is 2. The Morgan fingerprint density at radius 3 is 2.38 bits per heavy atom. The van der Waals surface area contributed by atoms with Gasteiger partial charge in [-0.2, -0.15) is 0 Å². The van der Waals surface area contributed by atoms with Crippen molar-refractivity contribution in [3.05, 3.63) is 56.2 Å². The third kappa shape index (κ3) is 3.66. The molecular formula is C17H19N3O6. The molecule has 0 unspecified atom stereocenters. The van der Waals surface area contributed by atoms with E-state index < -0.39 is 29.6 Å². The van der Waals surface area contributed by atoms with Gasteiger partial charge in [-0.15, -0.1) is 0 Å². The van der Waals surface area contributed by atoms with Crippen LogP contribution in [0.4, 0.5) is 5.82 Å². The minimum atomic E-state index is -0.842. The highest BCUT2D eigenvalue weighted by molar-refractivity contribution is 6.02. The number of Topliss-reactive ketones (excluding diaryl/α,β-unsaturated/α-hetero) is 1. The first-order valence-electron chi connectivity index (χ1n) is 7.86. The van der Waals surface area contributed by atoms with Gasteiger partial charge in [-0.25, -0.2) is 9.59 Å². The maximum absolute atomic E-state index is 12.4. The molecule has 9 heteroatoms. The van der Waals surface area contributed by atoms with Crippen molar-refractivity contribution in [1.82, 2.24) is 9.13 Å². The van der Waals surface area contributed by atoms with Crippen molar-refractivity contribution in [3.63, 3.8) is 0 Å². The SMILES string of the molecule is CCCn1c(N)c(C(=O)COC(=O)c2ccc(O)cc2)c(=O)n(C)c1=O. The number of aromatic nitrogens is 2. The van der Waals surface area contributed by atoms with Crippen LogP contribution in [0.2, 0.25) is 0 Å². The summed E-state index contributed by atoms with van der Waals surface area (Å²) in [5, 5.41) is 9.20. The number of nitrogen functional groups attached to an aromatic ring is 1. The van der Waals surface area contributed by atoms with E-state index in [9.17, 15) is 24.3 Å². The number of nitrogens with zero attached hydrogens (tertiary/aromatic N) is 2. The second-order valence-electron chi connectivity index (χ2n) is 5.60. The average Bonchev–Trinajstić information content (AvgIpc) is 2.62. The molecule has 0 aliphatic rings. The monoisotopic (exact) mass is 361 g/mol. The predicted molar refractivity (Wildman–Crippen MR) is 93.4 cm³/mol. The summed E-state index contributed by atoms with van der Waals surface area (Å²) in [6, 6.07) is 5.26. The molecule has 0 aliphatic carbocycles. The summed E-state index contributed by atoms with van der Waals surface area (Å²) >= 11 is 0. The molecule has 1 aromatic carbocycles. The molecule has 1 heterocycles. The topological polar surface area (TPSA) is 134 Å². The average molecular weight is 361 g/mol. The summed E-state index contributed by atoms with van der Waals surface area (Å²) in [6.07, 6.45) is 0.575. The van der Waals surface area contributed by atoms with Gasteiger partial charge < -0.3 is 15.6 Å². The lowest BCUT2D eigenvalue weighted by molar-refractivity contribution is 0.0474. The second kappa shape index (κ2) is 7.68. The van der Waals surface area contributed by atoms with Crippen LogP contribution in [0.3, 0.4) is 0 Å². The molecule has 2 aromatic rings. The lowest BCUT2D eigenvalue weighted by Gasteiger charge is -2.13. The van der Waals surface area contributed by atoms with E-state index in [2.05, 4.69) is 0 Å². The first-order valence-corrected chi connectivity index (χ1v) is 7.86. The van der Waals surface area contributed by atoms with Gasteiger partial charge in [-0.3, -0.25) is 18.7 Å². The molecule has 0 atom stereocenters. The van der Waals surface area contributed by atoms with Crippen molar-refractivity contribution in [2.24, 2.45) is 7.05 Å². The molecule has 0 saturated heterocycles. The van der Waals surface area contributed by atoms with E-state index in [1.165, 1.54) is 31.3 Å². The lowest BCUT2D eigenvalue weighted by atomic mass is 10.2. The number of carbonyl (C=O) groups excluding carboxylic acids is 2. The van der Waals surface area contributed by atoms with Crippen molar-refractivity contribution < 1.29 is 19.4 Å². The van der Waals surface area contributed by atoms with Crippen molar-refractivity contribution in [1.29, 1.82) is 0 Å². The van der Waals surface area contributed by atoms with Crippen LogP contribution in [0, 0.1) is 0 Å². The third-order valence-electron chi connectivity index (χ3n) is 3.75. The first kappa shape index (κ1) is 19.0. The number of hydrogen-bond acceptors (Lipinski definition) is 7. The first-order chi connectivity index (χ1) is 12.3. The van der Waals surface area contributed by atoms with Crippen LogP contribution < -0.4 is 17.0 Å². The van der Waals surface area contributed by atoms with Crippen LogP contribution in [0.15, 0.2) is 33.9 Å². The zero-order valence-corrected chi connectivity index (χ0v) is 14.4. The van der Waals surface area contributed by atoms with E-state index >= 15 is 0 Å². The van der Waals surface area contributed by atoms with Crippen molar-refractivity contribution in [2.45, 2.75) is 19.9 Å². The molecule has 0 fully saturated rings. The predicted octanol–water partition coefficient (Wildman–Crippen LogP) is 0.284. The van der Waals surface area contributed by atoms with E-state index in [1.807, 2.05) is 6.92 Å². The van der Waals surface area contributed by atoms with E-state index in [0.717, 1.165) is 9.13 Å². The third-order valence-corrected chi connectivity index (χ3v) is 3.75. The molecule has 0 radical (unpaired) electrons. The Kier molecular flexibility index (Phi) is 5.61. The largest absolute Gasteiger partial charge is 0.508 e. The fraction of sp³-hybridized carbons (Fsp3) is 0.294. The maximum Gasteiger partial charge on any atom is 0.338 e. The van der Waals surface area contributed by atoms with E-state index in [-0.39, 0.29) is 29.2 Å². The van der Waals surface area contributed by atoms with Gasteiger partial charge in [0.2, 0.25) is 5.78 Å². The van der Waals surface area contributed by atoms with Crippen molar-refractivity contribution in [2.75, 3.05) is 12.3 Å². The summed E-state index contributed by atoms with van der Waals surface area (Å²) in [5.74, 6) is -1.87. The molecule has 0 saturated carbocycles. The maximum atomic E-state index is 12.4. The molecule has 2 rings (SSSR count). The highest BCUT2D eigenvalue weighted by Gasteiger charge is 2.22. The van der Waals surface area contributed by atoms with Crippen LogP contribution in [-0.4, -0.2) is 32.6 Å². The number of ketones is 1. The summed E-state index contributed by atoms with van der Waals surface area (Å²) in [7, 11) is 1.25. The molecule has 138 valence electrons. The Balaban J connectivity index is 2.27. The number of hydrogen-bond donors (Lipinski definition) is 2. The molecule has 9 nitrogen and oxygen atoms in total. The van der Waals surface area contributed by atoms with Gasteiger partial charge in [0.05, 0.1) is 5.56 Å². The molecule has 26 heavy (non-hydrogen) atoms. The molecule has 0 spiro atoms. The molecule has 0 bridgehead atoms. The number of anilines is 1. The quantitative estimate of drug-likeness (QED) is 0.558. The number of phenolic OH excluding ortho intramolecular Hbond substituents is 1. The number of esters is 1. The van der Waals surface area contributed by atoms with Gasteiger partial charge in [0.25, 0.3) is 5.56 Å². The van der Waals surface area contributed by atoms with Gasteiger partial charge in [-0.05, 0) is 30.7 Å². The smallest absolute Gasteiger partial charge is 0.338 e. The van der Waals surface area contributed by atoms with Crippen molar-refractivity contribution in [3.8, 4) is 5.75 Å². The molecule has 0 amide bonds. The Morgan fingerprint density at radius 2 is 1.81 bits per heavy atom. The minimum absolute atomic E-state index is 0.0212. The zero-order valence-electron chi connectivity index (χ0n) is 14.4. The zero-order chi connectivity index (χ0) is 19.4. The van der Waals surface area contributed by atoms with Gasteiger partial charge >= 0.3 is 11.7 Å². The Hall–Kier alpha value is -3.36. The number of benzene rings is 1. The number of phenols is 1. The Morgan fingerprint density at radius 1 is 1.19 bits per heavy atom. The number of nitrogens with two attached hydrogens (primary N) is 1. The molecule has 1 aromatic heterocycles. The molecule has 3 N–H and O–H groups in total. The molecule has 0 aliphatic heterocycles. The van der Waals surface area contributed by atoms with Crippen LogP contribution in [0.1, 0.15) is 34.1 Å². The number of rotatable bonds is 6. The number of ether oxygens (including phenoxy) is 1. The molecular weight excluding hydrogens is 342 g/mol. The van der Waals surface area contributed by atoms with Gasteiger partial charge in [0.15, 0.2) is 6.61 Å². The summed E-state index contributed by atoms with van der Waals surface area (Å²) in [4.78, 5) is 48.6. The lowest BCUT2D eigenvalue weighted by Crippen LogP contribution is -2.43. The van der Waals surface area contributed by atoms with Crippen LogP contribution in [-0.2, 0) is 18.3 Å². The summed E-state index contributed by atoms with van der Waals surface area (Å²) < 4.78 is 6.83. The van der Waals surface area contributed by atoms with Crippen LogP contribution in [0.25, 0.3) is 0 Å². The highest BCUT2D eigenvalue weighted by Crippen LogP contribution is 2.11. The Labute approximate surface area is 148 Å². The van der Waals surface area contributed by atoms with Gasteiger partial charge in [0.1, 0.15) is 17.1 Å². The normalized spacial score (nSPS) is 10.5. The summed E-state index contributed by atoms with van der Waals surface area (Å²) in [6.45, 7) is 1.35. The van der Waals surface area contributed by atoms with Gasteiger partial charge in [-0.1, -0.05) is 6.92 Å². The van der Waals surface area contributed by atoms with E-state index in [4.69, 9.17) is 10.5 Å².